The second-order valence-corrected chi connectivity index (χ2v) is 4.05. The third kappa shape index (κ3) is 1.64. The Kier molecular flexibility index (Phi) is 1.30. The van der Waals surface area contributed by atoms with E-state index in [1.54, 1.807) is 13.8 Å². The van der Waals surface area contributed by atoms with Crippen molar-refractivity contribution < 1.29 is 12.6 Å². The van der Waals surface area contributed by atoms with Crippen LogP contribution in [-0.4, -0.2) is 20.6 Å². The molecule has 54 valence electrons. The highest BCUT2D eigenvalue weighted by atomic mass is 32.2. The summed E-state index contributed by atoms with van der Waals surface area (Å²) in [5.74, 6) is 0. The van der Waals surface area contributed by atoms with Crippen molar-refractivity contribution in [2.24, 2.45) is 0 Å². The Hall–Kier alpha value is -0.130. The Morgan fingerprint density at radius 3 is 2.22 bits per heavy atom. The Balaban J connectivity index is 2.81. The summed E-state index contributed by atoms with van der Waals surface area (Å²) in [5, 5.41) is 0. The minimum Gasteiger partial charge on any atom is -0.256 e. The second-order valence-electron chi connectivity index (χ2n) is 2.70. The summed E-state index contributed by atoms with van der Waals surface area (Å²) >= 11 is 0. The van der Waals surface area contributed by atoms with Crippen LogP contribution in [0.4, 0.5) is 0 Å². The highest BCUT2D eigenvalue weighted by molar-refractivity contribution is 7.85. The summed E-state index contributed by atoms with van der Waals surface area (Å²) in [6.07, 6.45) is 0. The maximum absolute atomic E-state index is 10.5. The van der Waals surface area contributed by atoms with Crippen molar-refractivity contribution in [2.45, 2.75) is 19.4 Å². The van der Waals surface area contributed by atoms with Crippen LogP contribution in [-0.2, 0) is 14.5 Å². The average molecular weight is 151 g/mol. The van der Waals surface area contributed by atoms with Crippen LogP contribution < -0.4 is 4.72 Å². The van der Waals surface area contributed by atoms with Crippen molar-refractivity contribution >= 4 is 10.3 Å². The predicted octanol–water partition coefficient (Wildman–Crippen LogP) is -0.370. The first-order valence-electron chi connectivity index (χ1n) is 2.60. The van der Waals surface area contributed by atoms with Crippen LogP contribution in [0.2, 0.25) is 0 Å². The molecule has 1 fully saturated rings. The summed E-state index contributed by atoms with van der Waals surface area (Å²) in [7, 11) is -3.40. The summed E-state index contributed by atoms with van der Waals surface area (Å²) < 4.78 is 27.8. The molecule has 1 rings (SSSR count). The van der Waals surface area contributed by atoms with E-state index in [0.29, 0.717) is 0 Å². The van der Waals surface area contributed by atoms with Gasteiger partial charge in [-0.25, -0.2) is 0 Å². The Bertz CT molecular complexity index is 206. The van der Waals surface area contributed by atoms with Gasteiger partial charge in [-0.15, -0.1) is 0 Å². The minimum absolute atomic E-state index is 0.218. The molecule has 0 aromatic rings. The van der Waals surface area contributed by atoms with Crippen molar-refractivity contribution in [3.8, 4) is 0 Å². The van der Waals surface area contributed by atoms with Crippen LogP contribution >= 0.6 is 0 Å². The zero-order valence-corrected chi connectivity index (χ0v) is 6.16. The lowest BCUT2D eigenvalue weighted by molar-refractivity contribution is 0.297. The Morgan fingerprint density at radius 2 is 2.11 bits per heavy atom. The van der Waals surface area contributed by atoms with Crippen LogP contribution in [0, 0.1) is 0 Å². The van der Waals surface area contributed by atoms with Gasteiger partial charge in [0.15, 0.2) is 0 Å². The van der Waals surface area contributed by atoms with Crippen molar-refractivity contribution in [3.05, 3.63) is 0 Å². The molecule has 1 aliphatic heterocycles. The first kappa shape index (κ1) is 6.98. The van der Waals surface area contributed by atoms with Crippen LogP contribution in [0.3, 0.4) is 0 Å². The molecule has 0 radical (unpaired) electrons. The molecule has 0 saturated carbocycles. The van der Waals surface area contributed by atoms with Crippen molar-refractivity contribution in [2.75, 3.05) is 6.61 Å². The highest BCUT2D eigenvalue weighted by Gasteiger charge is 2.34. The fraction of sp³-hybridized carbons (Fsp3) is 1.00. The zero-order valence-electron chi connectivity index (χ0n) is 5.34. The number of nitrogens with one attached hydrogen (secondary N) is 1. The average Bonchev–Trinajstić information content (AvgIpc) is 1.78. The SMILES string of the molecule is CC1(C)COS(=O)(=O)N1. The number of hydrogen-bond acceptors (Lipinski definition) is 3. The van der Waals surface area contributed by atoms with Crippen molar-refractivity contribution in [1.29, 1.82) is 0 Å². The molecule has 0 atom stereocenters. The third-order valence-corrected chi connectivity index (χ3v) is 2.21. The van der Waals surface area contributed by atoms with Gasteiger partial charge in [0.2, 0.25) is 0 Å². The van der Waals surface area contributed by atoms with Gasteiger partial charge in [0.25, 0.3) is 0 Å². The molecule has 5 heteroatoms. The van der Waals surface area contributed by atoms with Gasteiger partial charge in [-0.05, 0) is 13.8 Å². The third-order valence-electron chi connectivity index (χ3n) is 0.976. The van der Waals surface area contributed by atoms with E-state index >= 15 is 0 Å². The van der Waals surface area contributed by atoms with Crippen LogP contribution in [0.25, 0.3) is 0 Å². The molecular formula is C4H9NO3S. The number of rotatable bonds is 0. The Labute approximate surface area is 54.5 Å². The van der Waals surface area contributed by atoms with Gasteiger partial charge in [-0.2, -0.15) is 13.1 Å². The topological polar surface area (TPSA) is 55.4 Å². The zero-order chi connectivity index (χ0) is 7.12. The quantitative estimate of drug-likeness (QED) is 0.514. The van der Waals surface area contributed by atoms with E-state index in [1.165, 1.54) is 0 Å². The molecule has 0 aromatic heterocycles. The van der Waals surface area contributed by atoms with Crippen LogP contribution in [0.15, 0.2) is 0 Å². The normalized spacial score (nSPS) is 30.4. The molecular weight excluding hydrogens is 142 g/mol. The Morgan fingerprint density at radius 1 is 1.56 bits per heavy atom. The fourth-order valence-electron chi connectivity index (χ4n) is 0.622. The highest BCUT2D eigenvalue weighted by Crippen LogP contribution is 2.13. The monoisotopic (exact) mass is 151 g/mol. The summed E-state index contributed by atoms with van der Waals surface area (Å²) in [6.45, 7) is 3.74. The van der Waals surface area contributed by atoms with Crippen LogP contribution in [0.5, 0.6) is 0 Å². The molecule has 0 unspecified atom stereocenters. The maximum Gasteiger partial charge on any atom is 0.336 e. The first-order valence-corrected chi connectivity index (χ1v) is 4.00. The molecule has 0 aromatic carbocycles. The molecule has 1 saturated heterocycles. The van der Waals surface area contributed by atoms with Crippen molar-refractivity contribution in [1.82, 2.24) is 4.72 Å². The standard InChI is InChI=1S/C4H9NO3S/c1-4(2)3-8-9(6,7)5-4/h5H,3H2,1-2H3. The first-order chi connectivity index (χ1) is 3.91. The molecule has 9 heavy (non-hydrogen) atoms. The molecule has 0 spiro atoms. The lowest BCUT2D eigenvalue weighted by atomic mass is 10.1. The lowest BCUT2D eigenvalue weighted by Crippen LogP contribution is -2.36. The van der Waals surface area contributed by atoms with E-state index in [9.17, 15) is 8.42 Å². The second kappa shape index (κ2) is 1.68. The van der Waals surface area contributed by atoms with E-state index in [4.69, 9.17) is 0 Å². The van der Waals surface area contributed by atoms with Gasteiger partial charge in [0, 0.05) is 0 Å². The molecule has 1 aliphatic rings. The van der Waals surface area contributed by atoms with Gasteiger partial charge in [-0.1, -0.05) is 0 Å². The summed E-state index contributed by atoms with van der Waals surface area (Å²) in [5.41, 5.74) is -0.432. The molecule has 4 nitrogen and oxygen atoms in total. The van der Waals surface area contributed by atoms with Gasteiger partial charge >= 0.3 is 10.3 Å². The van der Waals surface area contributed by atoms with Gasteiger partial charge in [-0.3, -0.25) is 4.18 Å². The molecule has 1 heterocycles. The van der Waals surface area contributed by atoms with E-state index in [0.717, 1.165) is 0 Å². The molecule has 1 N–H and O–H groups in total. The molecule has 0 amide bonds. The van der Waals surface area contributed by atoms with E-state index in [1.807, 2.05) is 0 Å². The minimum atomic E-state index is -3.40. The summed E-state index contributed by atoms with van der Waals surface area (Å²) in [6, 6.07) is 0. The smallest absolute Gasteiger partial charge is 0.256 e. The van der Waals surface area contributed by atoms with Crippen LogP contribution in [0.1, 0.15) is 13.8 Å². The van der Waals surface area contributed by atoms with E-state index in [-0.39, 0.29) is 6.61 Å². The van der Waals surface area contributed by atoms with Gasteiger partial charge in [0.05, 0.1) is 12.1 Å². The predicted molar refractivity (Wildman–Crippen MR) is 32.1 cm³/mol. The summed E-state index contributed by atoms with van der Waals surface area (Å²) in [4.78, 5) is 0. The molecule has 0 aliphatic carbocycles. The maximum atomic E-state index is 10.5. The van der Waals surface area contributed by atoms with Gasteiger partial charge < -0.3 is 0 Å². The number of hydrogen-bond donors (Lipinski definition) is 1. The van der Waals surface area contributed by atoms with E-state index < -0.39 is 15.8 Å². The molecule has 0 bridgehead atoms. The van der Waals surface area contributed by atoms with E-state index in [2.05, 4.69) is 8.91 Å². The van der Waals surface area contributed by atoms with Crippen molar-refractivity contribution in [3.63, 3.8) is 0 Å². The largest absolute Gasteiger partial charge is 0.336 e. The lowest BCUT2D eigenvalue weighted by Gasteiger charge is -2.10. The fourth-order valence-corrected chi connectivity index (χ4v) is 1.87. The van der Waals surface area contributed by atoms with Gasteiger partial charge in [0.1, 0.15) is 0 Å².